The molecule has 2 rings (SSSR count). The lowest BCUT2D eigenvalue weighted by Crippen LogP contribution is -2.33. The van der Waals surface area contributed by atoms with Crippen molar-refractivity contribution in [3.05, 3.63) is 24.3 Å². The first-order valence-electron chi connectivity index (χ1n) is 5.98. The molecule has 1 aromatic carbocycles. The van der Waals surface area contributed by atoms with Gasteiger partial charge in [0.05, 0.1) is 5.25 Å². The molecule has 1 amide bonds. The molecule has 4 heteroatoms. The molecule has 1 fully saturated rings. The number of rotatable bonds is 3. The van der Waals surface area contributed by atoms with Crippen molar-refractivity contribution in [1.29, 1.82) is 0 Å². The molecule has 1 saturated heterocycles. The summed E-state index contributed by atoms with van der Waals surface area (Å²) in [5, 5.41) is -0.0325. The number of carbonyl (C=O) groups excluding carboxylic acids is 1. The van der Waals surface area contributed by atoms with Gasteiger partial charge in [0.25, 0.3) is 0 Å². The summed E-state index contributed by atoms with van der Waals surface area (Å²) in [6.45, 7) is 3.80. The van der Waals surface area contributed by atoms with Gasteiger partial charge < -0.3 is 10.6 Å². The summed E-state index contributed by atoms with van der Waals surface area (Å²) in [5.74, 6) is 0.245. The van der Waals surface area contributed by atoms with Crippen molar-refractivity contribution in [3.63, 3.8) is 0 Å². The van der Waals surface area contributed by atoms with Gasteiger partial charge in [0, 0.05) is 23.7 Å². The van der Waals surface area contributed by atoms with Gasteiger partial charge >= 0.3 is 0 Å². The molecule has 1 aliphatic rings. The molecule has 17 heavy (non-hydrogen) atoms. The van der Waals surface area contributed by atoms with Crippen molar-refractivity contribution >= 4 is 23.4 Å². The molecule has 1 atom stereocenters. The lowest BCUT2D eigenvalue weighted by atomic mass is 10.3. The highest BCUT2D eigenvalue weighted by molar-refractivity contribution is 8.00. The Bertz CT molecular complexity index is 402. The van der Waals surface area contributed by atoms with E-state index in [0.717, 1.165) is 36.5 Å². The topological polar surface area (TPSA) is 46.3 Å². The highest BCUT2D eigenvalue weighted by Crippen LogP contribution is 2.26. The van der Waals surface area contributed by atoms with E-state index >= 15 is 0 Å². The quantitative estimate of drug-likeness (QED) is 0.662. The number of thioether (sulfide) groups is 1. The molecule has 1 aliphatic heterocycles. The number of hydrogen-bond acceptors (Lipinski definition) is 3. The molecule has 92 valence electrons. The summed E-state index contributed by atoms with van der Waals surface area (Å²) in [7, 11) is 0. The molecule has 1 unspecified atom stereocenters. The zero-order valence-corrected chi connectivity index (χ0v) is 10.9. The van der Waals surface area contributed by atoms with Gasteiger partial charge in [-0.25, -0.2) is 0 Å². The molecule has 0 spiro atoms. The first-order valence-corrected chi connectivity index (χ1v) is 6.86. The molecular weight excluding hydrogens is 232 g/mol. The highest BCUT2D eigenvalue weighted by Gasteiger charge is 2.23. The Hall–Kier alpha value is -1.16. The van der Waals surface area contributed by atoms with Crippen molar-refractivity contribution in [2.24, 2.45) is 0 Å². The van der Waals surface area contributed by atoms with E-state index in [4.69, 9.17) is 5.73 Å². The van der Waals surface area contributed by atoms with Crippen LogP contribution in [0.4, 0.5) is 5.69 Å². The molecule has 3 nitrogen and oxygen atoms in total. The van der Waals surface area contributed by atoms with Crippen LogP contribution in [-0.4, -0.2) is 29.1 Å². The van der Waals surface area contributed by atoms with Gasteiger partial charge in [0.15, 0.2) is 0 Å². The molecule has 1 aromatic rings. The number of benzene rings is 1. The standard InChI is InChI=1S/C13H18N2OS/c1-10(13(16)15-7-2-3-8-15)17-12-6-4-5-11(14)9-12/h4-6,9-10H,2-3,7-8,14H2,1H3. The van der Waals surface area contributed by atoms with Crippen LogP contribution in [0.15, 0.2) is 29.2 Å². The Morgan fingerprint density at radius 3 is 2.76 bits per heavy atom. The smallest absolute Gasteiger partial charge is 0.235 e. The number of nitrogen functional groups attached to an aromatic ring is 1. The number of hydrogen-bond donors (Lipinski definition) is 1. The summed E-state index contributed by atoms with van der Waals surface area (Å²) in [5.41, 5.74) is 6.47. The molecule has 0 radical (unpaired) electrons. The third-order valence-electron chi connectivity index (χ3n) is 2.94. The first kappa shape index (κ1) is 12.3. The minimum absolute atomic E-state index is 0.0325. The van der Waals surface area contributed by atoms with Gasteiger partial charge in [-0.2, -0.15) is 0 Å². The lowest BCUT2D eigenvalue weighted by molar-refractivity contribution is -0.129. The largest absolute Gasteiger partial charge is 0.399 e. The van der Waals surface area contributed by atoms with E-state index < -0.39 is 0 Å². The maximum atomic E-state index is 12.1. The van der Waals surface area contributed by atoms with Gasteiger partial charge in [0.2, 0.25) is 5.91 Å². The number of nitrogens with zero attached hydrogens (tertiary/aromatic N) is 1. The van der Waals surface area contributed by atoms with Crippen LogP contribution < -0.4 is 5.73 Å². The average Bonchev–Trinajstić information content (AvgIpc) is 2.81. The number of nitrogens with two attached hydrogens (primary N) is 1. The molecule has 0 bridgehead atoms. The average molecular weight is 250 g/mol. The van der Waals surface area contributed by atoms with Crippen LogP contribution in [0.1, 0.15) is 19.8 Å². The summed E-state index contributed by atoms with van der Waals surface area (Å²) in [4.78, 5) is 15.1. The predicted octanol–water partition coefficient (Wildman–Crippen LogP) is 2.37. The van der Waals surface area contributed by atoms with E-state index in [-0.39, 0.29) is 11.2 Å². The third kappa shape index (κ3) is 3.16. The summed E-state index contributed by atoms with van der Waals surface area (Å²) >= 11 is 1.58. The van der Waals surface area contributed by atoms with Crippen LogP contribution in [0.5, 0.6) is 0 Å². The monoisotopic (exact) mass is 250 g/mol. The highest BCUT2D eigenvalue weighted by atomic mass is 32.2. The minimum Gasteiger partial charge on any atom is -0.399 e. The Morgan fingerprint density at radius 1 is 1.41 bits per heavy atom. The van der Waals surface area contributed by atoms with Gasteiger partial charge in [0.1, 0.15) is 0 Å². The zero-order valence-electron chi connectivity index (χ0n) is 10.1. The Labute approximate surface area is 106 Å². The predicted molar refractivity (Wildman–Crippen MR) is 72.0 cm³/mol. The van der Waals surface area contributed by atoms with Gasteiger partial charge in [-0.1, -0.05) is 6.07 Å². The fourth-order valence-corrected chi connectivity index (χ4v) is 3.06. The lowest BCUT2D eigenvalue weighted by Gasteiger charge is -2.19. The van der Waals surface area contributed by atoms with E-state index in [1.165, 1.54) is 0 Å². The Balaban J connectivity index is 1.96. The number of amides is 1. The van der Waals surface area contributed by atoms with E-state index in [0.29, 0.717) is 0 Å². The number of carbonyl (C=O) groups is 1. The summed E-state index contributed by atoms with van der Waals surface area (Å²) in [6, 6.07) is 7.69. The van der Waals surface area contributed by atoms with Crippen molar-refractivity contribution in [1.82, 2.24) is 4.90 Å². The van der Waals surface area contributed by atoms with E-state index in [2.05, 4.69) is 0 Å². The van der Waals surface area contributed by atoms with Crippen molar-refractivity contribution in [2.45, 2.75) is 29.9 Å². The van der Waals surface area contributed by atoms with Crippen LogP contribution in [0.25, 0.3) is 0 Å². The van der Waals surface area contributed by atoms with Gasteiger partial charge in [-0.3, -0.25) is 4.79 Å². The van der Waals surface area contributed by atoms with E-state index in [9.17, 15) is 4.79 Å². The van der Waals surface area contributed by atoms with Crippen LogP contribution in [0, 0.1) is 0 Å². The first-order chi connectivity index (χ1) is 8.16. The van der Waals surface area contributed by atoms with Crippen LogP contribution >= 0.6 is 11.8 Å². The SMILES string of the molecule is CC(Sc1cccc(N)c1)C(=O)N1CCCC1. The maximum Gasteiger partial charge on any atom is 0.235 e. The van der Waals surface area contributed by atoms with Crippen molar-refractivity contribution in [2.75, 3.05) is 18.8 Å². The molecule has 2 N–H and O–H groups in total. The fourth-order valence-electron chi connectivity index (χ4n) is 2.04. The van der Waals surface area contributed by atoms with Crippen molar-refractivity contribution < 1.29 is 4.79 Å². The fraction of sp³-hybridized carbons (Fsp3) is 0.462. The molecule has 0 aliphatic carbocycles. The molecule has 1 heterocycles. The van der Waals surface area contributed by atoms with E-state index in [1.54, 1.807) is 11.8 Å². The second kappa shape index (κ2) is 5.45. The Kier molecular flexibility index (Phi) is 3.94. The zero-order chi connectivity index (χ0) is 12.3. The van der Waals surface area contributed by atoms with Crippen LogP contribution in [0.3, 0.4) is 0 Å². The number of likely N-dealkylation sites (tertiary alicyclic amines) is 1. The third-order valence-corrected chi connectivity index (χ3v) is 4.02. The number of anilines is 1. The van der Waals surface area contributed by atoms with Gasteiger partial charge in [-0.15, -0.1) is 11.8 Å². The summed E-state index contributed by atoms with van der Waals surface area (Å²) < 4.78 is 0. The normalized spacial score (nSPS) is 17.1. The van der Waals surface area contributed by atoms with Crippen LogP contribution in [0.2, 0.25) is 0 Å². The molecular formula is C13H18N2OS. The maximum absolute atomic E-state index is 12.1. The Morgan fingerprint density at radius 2 is 2.12 bits per heavy atom. The second-order valence-electron chi connectivity index (χ2n) is 4.36. The van der Waals surface area contributed by atoms with Gasteiger partial charge in [-0.05, 0) is 38.0 Å². The minimum atomic E-state index is -0.0325. The van der Waals surface area contributed by atoms with E-state index in [1.807, 2.05) is 36.1 Å². The van der Waals surface area contributed by atoms with Crippen LogP contribution in [-0.2, 0) is 4.79 Å². The second-order valence-corrected chi connectivity index (χ2v) is 5.78. The van der Waals surface area contributed by atoms with Crippen molar-refractivity contribution in [3.8, 4) is 0 Å². The molecule has 0 saturated carbocycles. The summed E-state index contributed by atoms with van der Waals surface area (Å²) in [6.07, 6.45) is 2.28. The molecule has 0 aromatic heterocycles.